The van der Waals surface area contributed by atoms with Crippen LogP contribution < -0.4 is 10.1 Å². The lowest BCUT2D eigenvalue weighted by Gasteiger charge is -2.16. The largest absolute Gasteiger partial charge is 0.483 e. The third kappa shape index (κ3) is 5.58. The summed E-state index contributed by atoms with van der Waals surface area (Å²) >= 11 is 7.30. The number of thiazole rings is 1. The molecule has 0 radical (unpaired) electrons. The Labute approximate surface area is 180 Å². The van der Waals surface area contributed by atoms with Crippen LogP contribution in [0.1, 0.15) is 50.7 Å². The van der Waals surface area contributed by atoms with E-state index in [1.54, 1.807) is 0 Å². The molecular formula is C23H25ClN2O2S. The molecule has 0 fully saturated rings. The van der Waals surface area contributed by atoms with Gasteiger partial charge in [0, 0.05) is 16.0 Å². The fraction of sp³-hybridized carbons (Fsp3) is 0.304. The maximum absolute atomic E-state index is 12.3. The van der Waals surface area contributed by atoms with Gasteiger partial charge in [0.05, 0.1) is 5.69 Å². The number of carbonyl (C=O) groups is 1. The van der Waals surface area contributed by atoms with Crippen molar-refractivity contribution in [1.29, 1.82) is 0 Å². The van der Waals surface area contributed by atoms with Crippen LogP contribution in [-0.2, 0) is 4.79 Å². The highest BCUT2D eigenvalue weighted by molar-refractivity contribution is 7.14. The standard InChI is InChI=1S/C23H25ClN2O2S/c1-14(2)17-7-10-21(19(11-17)15(3)4)28-12-22(27)26-23-25-20(13-29-23)16-5-8-18(24)9-6-16/h5-11,13-15H,12H2,1-4H3,(H,25,26,27). The van der Waals surface area contributed by atoms with Gasteiger partial charge in [0.15, 0.2) is 11.7 Å². The molecule has 0 atom stereocenters. The lowest BCUT2D eigenvalue weighted by Crippen LogP contribution is -2.20. The molecule has 0 aliphatic carbocycles. The maximum Gasteiger partial charge on any atom is 0.264 e. The van der Waals surface area contributed by atoms with Crippen molar-refractivity contribution >= 4 is 34.0 Å². The van der Waals surface area contributed by atoms with E-state index in [9.17, 15) is 4.79 Å². The maximum atomic E-state index is 12.3. The van der Waals surface area contributed by atoms with Gasteiger partial charge >= 0.3 is 0 Å². The number of carbonyl (C=O) groups excluding carboxylic acids is 1. The van der Waals surface area contributed by atoms with Gasteiger partial charge in [-0.3, -0.25) is 10.1 Å². The number of hydrogen-bond donors (Lipinski definition) is 1. The van der Waals surface area contributed by atoms with E-state index < -0.39 is 0 Å². The molecule has 0 aliphatic rings. The summed E-state index contributed by atoms with van der Waals surface area (Å²) in [6.07, 6.45) is 0. The van der Waals surface area contributed by atoms with Crippen molar-refractivity contribution in [2.24, 2.45) is 0 Å². The zero-order chi connectivity index (χ0) is 21.0. The SMILES string of the molecule is CC(C)c1ccc(OCC(=O)Nc2nc(-c3ccc(Cl)cc3)cs2)c(C(C)C)c1. The summed E-state index contributed by atoms with van der Waals surface area (Å²) < 4.78 is 5.82. The molecule has 29 heavy (non-hydrogen) atoms. The molecule has 1 heterocycles. The Balaban J connectivity index is 1.63. The van der Waals surface area contributed by atoms with Crippen LogP contribution in [0, 0.1) is 0 Å². The van der Waals surface area contributed by atoms with Crippen LogP contribution in [0.25, 0.3) is 11.3 Å². The Morgan fingerprint density at radius 2 is 1.83 bits per heavy atom. The van der Waals surface area contributed by atoms with Gasteiger partial charge in [-0.2, -0.15) is 0 Å². The van der Waals surface area contributed by atoms with E-state index in [1.165, 1.54) is 16.9 Å². The van der Waals surface area contributed by atoms with Crippen molar-refractivity contribution in [3.05, 3.63) is 64.0 Å². The molecule has 3 rings (SSSR count). The van der Waals surface area contributed by atoms with Gasteiger partial charge in [0.1, 0.15) is 5.75 Å². The lowest BCUT2D eigenvalue weighted by molar-refractivity contribution is -0.118. The van der Waals surface area contributed by atoms with Gasteiger partial charge in [-0.25, -0.2) is 4.98 Å². The first-order valence-corrected chi connectivity index (χ1v) is 10.9. The Morgan fingerprint density at radius 1 is 1.10 bits per heavy atom. The van der Waals surface area contributed by atoms with Gasteiger partial charge in [0.2, 0.25) is 0 Å². The number of anilines is 1. The third-order valence-electron chi connectivity index (χ3n) is 4.57. The quantitative estimate of drug-likeness (QED) is 0.454. The van der Waals surface area contributed by atoms with Crippen LogP contribution in [-0.4, -0.2) is 17.5 Å². The van der Waals surface area contributed by atoms with Crippen molar-refractivity contribution < 1.29 is 9.53 Å². The van der Waals surface area contributed by atoms with Gasteiger partial charge in [-0.1, -0.05) is 63.6 Å². The monoisotopic (exact) mass is 428 g/mol. The highest BCUT2D eigenvalue weighted by Gasteiger charge is 2.13. The first-order valence-electron chi connectivity index (χ1n) is 9.61. The number of nitrogens with zero attached hydrogens (tertiary/aromatic N) is 1. The van der Waals surface area contributed by atoms with Crippen LogP contribution in [0.5, 0.6) is 5.75 Å². The minimum absolute atomic E-state index is 0.0589. The second-order valence-corrected chi connectivity index (χ2v) is 8.78. The number of amides is 1. The van der Waals surface area contributed by atoms with Gasteiger partial charge in [-0.05, 0) is 41.2 Å². The minimum atomic E-state index is -0.232. The van der Waals surface area contributed by atoms with Crippen molar-refractivity contribution in [2.45, 2.75) is 39.5 Å². The van der Waals surface area contributed by atoms with E-state index in [0.29, 0.717) is 22.0 Å². The van der Waals surface area contributed by atoms with E-state index in [2.05, 4.69) is 50.1 Å². The predicted molar refractivity (Wildman–Crippen MR) is 121 cm³/mol. The normalized spacial score (nSPS) is 11.1. The first kappa shape index (κ1) is 21.3. The smallest absolute Gasteiger partial charge is 0.264 e. The van der Waals surface area contributed by atoms with E-state index in [4.69, 9.17) is 16.3 Å². The second-order valence-electron chi connectivity index (χ2n) is 7.49. The number of benzene rings is 2. The summed E-state index contributed by atoms with van der Waals surface area (Å²) in [5, 5.41) is 5.94. The van der Waals surface area contributed by atoms with Gasteiger partial charge < -0.3 is 4.74 Å². The summed E-state index contributed by atoms with van der Waals surface area (Å²) in [6.45, 7) is 8.52. The number of hydrogen-bond acceptors (Lipinski definition) is 4. The van der Waals surface area contributed by atoms with Gasteiger partial charge in [-0.15, -0.1) is 11.3 Å². The average Bonchev–Trinajstić information content (AvgIpc) is 3.15. The topological polar surface area (TPSA) is 51.2 Å². The summed E-state index contributed by atoms with van der Waals surface area (Å²) in [5.41, 5.74) is 4.13. The van der Waals surface area contributed by atoms with Crippen LogP contribution in [0.4, 0.5) is 5.13 Å². The van der Waals surface area contributed by atoms with E-state index in [0.717, 1.165) is 22.6 Å². The number of halogens is 1. The van der Waals surface area contributed by atoms with E-state index >= 15 is 0 Å². The zero-order valence-electron chi connectivity index (χ0n) is 17.0. The molecule has 0 spiro atoms. The fourth-order valence-corrected chi connectivity index (χ4v) is 3.75. The molecule has 6 heteroatoms. The van der Waals surface area contributed by atoms with Crippen molar-refractivity contribution in [1.82, 2.24) is 4.98 Å². The minimum Gasteiger partial charge on any atom is -0.483 e. The summed E-state index contributed by atoms with van der Waals surface area (Å²) in [4.78, 5) is 16.8. The molecule has 3 aromatic rings. The van der Waals surface area contributed by atoms with Crippen LogP contribution in [0.3, 0.4) is 0 Å². The number of nitrogens with one attached hydrogen (secondary N) is 1. The first-order chi connectivity index (χ1) is 13.8. The molecule has 0 bridgehead atoms. The van der Waals surface area contributed by atoms with Crippen LogP contribution >= 0.6 is 22.9 Å². The highest BCUT2D eigenvalue weighted by Crippen LogP contribution is 2.30. The van der Waals surface area contributed by atoms with Crippen molar-refractivity contribution in [2.75, 3.05) is 11.9 Å². The molecule has 0 aliphatic heterocycles. The molecule has 2 aromatic carbocycles. The summed E-state index contributed by atoms with van der Waals surface area (Å²) in [6, 6.07) is 13.6. The lowest BCUT2D eigenvalue weighted by atomic mass is 9.95. The Morgan fingerprint density at radius 3 is 2.48 bits per heavy atom. The molecular weight excluding hydrogens is 404 g/mol. The van der Waals surface area contributed by atoms with E-state index in [-0.39, 0.29) is 12.5 Å². The number of aromatic nitrogens is 1. The molecule has 0 unspecified atom stereocenters. The Bertz CT molecular complexity index is 981. The average molecular weight is 429 g/mol. The molecule has 0 saturated carbocycles. The predicted octanol–water partition coefficient (Wildman–Crippen LogP) is 6.73. The summed E-state index contributed by atoms with van der Waals surface area (Å²) in [5.74, 6) is 1.28. The highest BCUT2D eigenvalue weighted by atomic mass is 35.5. The zero-order valence-corrected chi connectivity index (χ0v) is 18.6. The molecule has 0 saturated heterocycles. The van der Waals surface area contributed by atoms with E-state index in [1.807, 2.05) is 35.7 Å². The Hall–Kier alpha value is -2.37. The number of rotatable bonds is 7. The van der Waals surface area contributed by atoms with Crippen LogP contribution in [0.2, 0.25) is 5.02 Å². The van der Waals surface area contributed by atoms with Gasteiger partial charge in [0.25, 0.3) is 5.91 Å². The Kier molecular flexibility index (Phi) is 6.93. The third-order valence-corrected chi connectivity index (χ3v) is 5.58. The molecule has 1 aromatic heterocycles. The van der Waals surface area contributed by atoms with Crippen LogP contribution in [0.15, 0.2) is 47.8 Å². The summed E-state index contributed by atoms with van der Waals surface area (Å²) in [7, 11) is 0. The van der Waals surface area contributed by atoms with Crippen molar-refractivity contribution in [3.8, 4) is 17.0 Å². The molecule has 1 amide bonds. The molecule has 4 nitrogen and oxygen atoms in total. The molecule has 1 N–H and O–H groups in total. The fourth-order valence-electron chi connectivity index (χ4n) is 2.89. The second kappa shape index (κ2) is 9.42. The molecule has 152 valence electrons. The van der Waals surface area contributed by atoms with Crippen molar-refractivity contribution in [3.63, 3.8) is 0 Å². The number of ether oxygens (including phenoxy) is 1.